The molecule has 0 aromatic carbocycles. The van der Waals surface area contributed by atoms with Crippen molar-refractivity contribution in [2.45, 2.75) is 6.42 Å². The normalized spacial score (nSPS) is 15.3. The smallest absolute Gasteiger partial charge is 0.224 e. The fourth-order valence-electron chi connectivity index (χ4n) is 1.76. The summed E-state index contributed by atoms with van der Waals surface area (Å²) in [6.07, 6.45) is 1.26. The van der Waals surface area contributed by atoms with Gasteiger partial charge < -0.3 is 20.7 Å². The van der Waals surface area contributed by atoms with Crippen LogP contribution < -0.4 is 11.1 Å². The molecular weight excluding hydrogens is 253 g/mol. The van der Waals surface area contributed by atoms with E-state index in [9.17, 15) is 9.18 Å². The average Bonchev–Trinajstić information content (AvgIpc) is 2.43. The first-order valence-corrected chi connectivity index (χ1v) is 6.04. The quantitative estimate of drug-likeness (QED) is 0.790. The molecule has 1 aliphatic rings. The lowest BCUT2D eigenvalue weighted by molar-refractivity contribution is -0.134. The van der Waals surface area contributed by atoms with Crippen molar-refractivity contribution in [3.8, 4) is 0 Å². The maximum atomic E-state index is 13.3. The van der Waals surface area contributed by atoms with Gasteiger partial charge in [0.1, 0.15) is 0 Å². The zero-order chi connectivity index (χ0) is 13.7. The maximum absolute atomic E-state index is 13.3. The molecule has 1 saturated heterocycles. The summed E-state index contributed by atoms with van der Waals surface area (Å²) in [5.41, 5.74) is 5.36. The number of anilines is 2. The number of nitrogen functional groups attached to an aromatic ring is 1. The summed E-state index contributed by atoms with van der Waals surface area (Å²) in [4.78, 5) is 20.8. The Labute approximate surface area is 110 Å². The molecule has 0 radical (unpaired) electrons. The number of nitrogens with two attached hydrogens (primary N) is 1. The van der Waals surface area contributed by atoms with Crippen LogP contribution in [-0.4, -0.2) is 53.6 Å². The van der Waals surface area contributed by atoms with Gasteiger partial charge >= 0.3 is 0 Å². The van der Waals surface area contributed by atoms with Crippen molar-refractivity contribution < 1.29 is 13.9 Å². The van der Waals surface area contributed by atoms with Crippen molar-refractivity contribution in [3.05, 3.63) is 12.0 Å². The molecule has 0 unspecified atom stereocenters. The molecule has 1 amide bonds. The Morgan fingerprint density at radius 3 is 3.00 bits per heavy atom. The summed E-state index contributed by atoms with van der Waals surface area (Å²) < 4.78 is 18.5. The van der Waals surface area contributed by atoms with Gasteiger partial charge in [0, 0.05) is 26.1 Å². The third kappa shape index (κ3) is 3.75. The molecule has 1 aromatic heterocycles. The summed E-state index contributed by atoms with van der Waals surface area (Å²) in [6.45, 7) is 2.64. The molecular formula is C11H16FN5O2. The minimum absolute atomic E-state index is 0.0107. The summed E-state index contributed by atoms with van der Waals surface area (Å²) in [7, 11) is 0. The lowest BCUT2D eigenvalue weighted by atomic mass is 10.3. The molecule has 1 aliphatic heterocycles. The van der Waals surface area contributed by atoms with Crippen LogP contribution >= 0.6 is 0 Å². The van der Waals surface area contributed by atoms with Crippen LogP contribution in [0.1, 0.15) is 6.42 Å². The Morgan fingerprint density at radius 2 is 2.26 bits per heavy atom. The number of nitrogens with one attached hydrogen (secondary N) is 1. The molecule has 0 bridgehead atoms. The minimum Gasteiger partial charge on any atom is -0.378 e. The highest BCUT2D eigenvalue weighted by Crippen LogP contribution is 2.10. The number of hydrogen-bond acceptors (Lipinski definition) is 6. The number of rotatable bonds is 4. The van der Waals surface area contributed by atoms with Crippen LogP contribution in [0.2, 0.25) is 0 Å². The Balaban J connectivity index is 1.79. The number of hydrogen-bond donors (Lipinski definition) is 2. The van der Waals surface area contributed by atoms with Crippen molar-refractivity contribution in [1.82, 2.24) is 14.9 Å². The molecule has 2 heterocycles. The zero-order valence-electron chi connectivity index (χ0n) is 10.4. The highest BCUT2D eigenvalue weighted by Gasteiger charge is 2.16. The number of morpholine rings is 1. The maximum Gasteiger partial charge on any atom is 0.224 e. The highest BCUT2D eigenvalue weighted by atomic mass is 19.1. The van der Waals surface area contributed by atoms with Gasteiger partial charge in [0.15, 0.2) is 11.6 Å². The Kier molecular flexibility index (Phi) is 4.45. The van der Waals surface area contributed by atoms with E-state index in [0.717, 1.165) is 6.20 Å². The Morgan fingerprint density at radius 1 is 1.53 bits per heavy atom. The number of amides is 1. The fraction of sp³-hybridized carbons (Fsp3) is 0.545. The predicted molar refractivity (Wildman–Crippen MR) is 66.9 cm³/mol. The van der Waals surface area contributed by atoms with Crippen molar-refractivity contribution in [3.63, 3.8) is 0 Å². The van der Waals surface area contributed by atoms with Gasteiger partial charge in [0.2, 0.25) is 11.9 Å². The molecule has 3 N–H and O–H groups in total. The van der Waals surface area contributed by atoms with Gasteiger partial charge in [-0.15, -0.1) is 0 Å². The molecule has 2 rings (SSSR count). The first kappa shape index (κ1) is 13.5. The summed E-state index contributed by atoms with van der Waals surface area (Å²) in [5.74, 6) is -0.572. The van der Waals surface area contributed by atoms with Crippen molar-refractivity contribution in [2.24, 2.45) is 0 Å². The van der Waals surface area contributed by atoms with E-state index >= 15 is 0 Å². The molecule has 0 aliphatic carbocycles. The summed E-state index contributed by atoms with van der Waals surface area (Å²) in [5, 5.41) is 2.74. The molecule has 0 spiro atoms. The van der Waals surface area contributed by atoms with Gasteiger partial charge in [0.05, 0.1) is 19.4 Å². The van der Waals surface area contributed by atoms with Crippen LogP contribution in [0.3, 0.4) is 0 Å². The summed E-state index contributed by atoms with van der Waals surface area (Å²) in [6, 6.07) is 0. The number of ether oxygens (including phenoxy) is 1. The van der Waals surface area contributed by atoms with Gasteiger partial charge in [-0.25, -0.2) is 9.37 Å². The van der Waals surface area contributed by atoms with E-state index in [-0.39, 0.29) is 24.1 Å². The van der Waals surface area contributed by atoms with E-state index in [2.05, 4.69) is 15.3 Å². The van der Waals surface area contributed by atoms with Crippen molar-refractivity contribution in [1.29, 1.82) is 0 Å². The number of carbonyl (C=O) groups excluding carboxylic acids is 1. The van der Waals surface area contributed by atoms with Crippen LogP contribution in [-0.2, 0) is 9.53 Å². The minimum atomic E-state index is -0.590. The lowest BCUT2D eigenvalue weighted by Crippen LogP contribution is -2.41. The number of nitrogens with zero attached hydrogens (tertiary/aromatic N) is 3. The van der Waals surface area contributed by atoms with E-state index in [0.29, 0.717) is 32.8 Å². The fourth-order valence-corrected chi connectivity index (χ4v) is 1.76. The zero-order valence-corrected chi connectivity index (χ0v) is 10.4. The molecule has 0 atom stereocenters. The molecule has 1 fully saturated rings. The van der Waals surface area contributed by atoms with Crippen LogP contribution in [0.4, 0.5) is 16.2 Å². The van der Waals surface area contributed by atoms with E-state index < -0.39 is 5.82 Å². The third-order valence-electron chi connectivity index (χ3n) is 2.76. The Bertz CT molecular complexity index is 451. The van der Waals surface area contributed by atoms with Gasteiger partial charge in [-0.1, -0.05) is 0 Å². The van der Waals surface area contributed by atoms with E-state index in [1.54, 1.807) is 4.90 Å². The van der Waals surface area contributed by atoms with Crippen LogP contribution in [0, 0.1) is 5.82 Å². The predicted octanol–water partition coefficient (Wildman–Crippen LogP) is -0.141. The topological polar surface area (TPSA) is 93.4 Å². The molecule has 8 heteroatoms. The van der Waals surface area contributed by atoms with Gasteiger partial charge in [-0.05, 0) is 0 Å². The second-order valence-electron chi connectivity index (χ2n) is 4.09. The standard InChI is InChI=1S/C11H16FN5O2/c12-8-7-15-11(13)16-10(8)14-2-1-9(18)17-3-5-19-6-4-17/h7H,1-6H2,(H3,13,14,15,16). The lowest BCUT2D eigenvalue weighted by Gasteiger charge is -2.26. The van der Waals surface area contributed by atoms with E-state index in [1.165, 1.54) is 0 Å². The average molecular weight is 269 g/mol. The Hall–Kier alpha value is -1.96. The van der Waals surface area contributed by atoms with Crippen molar-refractivity contribution in [2.75, 3.05) is 43.9 Å². The van der Waals surface area contributed by atoms with Crippen LogP contribution in [0.5, 0.6) is 0 Å². The first-order chi connectivity index (χ1) is 9.16. The monoisotopic (exact) mass is 269 g/mol. The highest BCUT2D eigenvalue weighted by molar-refractivity contribution is 5.76. The first-order valence-electron chi connectivity index (χ1n) is 6.04. The number of carbonyl (C=O) groups is 1. The van der Waals surface area contributed by atoms with Crippen molar-refractivity contribution >= 4 is 17.7 Å². The van der Waals surface area contributed by atoms with Gasteiger partial charge in [-0.3, -0.25) is 4.79 Å². The summed E-state index contributed by atoms with van der Waals surface area (Å²) >= 11 is 0. The molecule has 7 nitrogen and oxygen atoms in total. The number of aromatic nitrogens is 2. The van der Waals surface area contributed by atoms with Crippen LogP contribution in [0.15, 0.2) is 6.20 Å². The third-order valence-corrected chi connectivity index (χ3v) is 2.76. The van der Waals surface area contributed by atoms with Gasteiger partial charge in [-0.2, -0.15) is 4.98 Å². The van der Waals surface area contributed by atoms with Crippen LogP contribution in [0.25, 0.3) is 0 Å². The van der Waals surface area contributed by atoms with E-state index in [4.69, 9.17) is 10.5 Å². The molecule has 19 heavy (non-hydrogen) atoms. The second-order valence-corrected chi connectivity index (χ2v) is 4.09. The SMILES string of the molecule is Nc1ncc(F)c(NCCC(=O)N2CCOCC2)n1. The molecule has 104 valence electrons. The molecule has 1 aromatic rings. The van der Waals surface area contributed by atoms with Gasteiger partial charge in [0.25, 0.3) is 0 Å². The second kappa shape index (κ2) is 6.28. The molecule has 0 saturated carbocycles. The van der Waals surface area contributed by atoms with E-state index in [1.807, 2.05) is 0 Å². The number of halogens is 1. The largest absolute Gasteiger partial charge is 0.378 e.